The van der Waals surface area contributed by atoms with E-state index in [1.54, 1.807) is 0 Å². The van der Waals surface area contributed by atoms with Crippen molar-refractivity contribution in [1.29, 1.82) is 0 Å². The van der Waals surface area contributed by atoms with Crippen LogP contribution in [0.4, 0.5) is 20.2 Å². The Labute approximate surface area is 165 Å². The predicted molar refractivity (Wildman–Crippen MR) is 102 cm³/mol. The second-order valence-electron chi connectivity index (χ2n) is 6.07. The molecule has 1 amide bonds. The normalized spacial score (nSPS) is 15.8. The van der Waals surface area contributed by atoms with E-state index in [1.807, 2.05) is 0 Å². The van der Waals surface area contributed by atoms with Crippen LogP contribution in [0.25, 0.3) is 0 Å². The molecular formula is C17H15F2N3O5S2. The van der Waals surface area contributed by atoms with Gasteiger partial charge in [0.15, 0.2) is 9.84 Å². The maximum absolute atomic E-state index is 13.8. The predicted octanol–water partition coefficient (Wildman–Crippen LogP) is 2.30. The largest absolute Gasteiger partial charge is 0.345 e. The van der Waals surface area contributed by atoms with E-state index in [0.29, 0.717) is 0 Å². The lowest BCUT2D eigenvalue weighted by molar-refractivity contribution is -0.115. The summed E-state index contributed by atoms with van der Waals surface area (Å²) >= 11 is 0. The van der Waals surface area contributed by atoms with E-state index in [1.165, 1.54) is 13.0 Å². The molecule has 1 heterocycles. The molecule has 0 bridgehead atoms. The molecule has 2 aromatic rings. The van der Waals surface area contributed by atoms with Gasteiger partial charge in [-0.05, 0) is 36.8 Å². The summed E-state index contributed by atoms with van der Waals surface area (Å²) in [4.78, 5) is 11.7. The minimum absolute atomic E-state index is 0.137. The summed E-state index contributed by atoms with van der Waals surface area (Å²) in [5.74, 6) is -2.82. The van der Waals surface area contributed by atoms with Crippen LogP contribution in [0.15, 0.2) is 50.6 Å². The Morgan fingerprint density at radius 1 is 1.21 bits per heavy atom. The quantitative estimate of drug-likeness (QED) is 0.731. The summed E-state index contributed by atoms with van der Waals surface area (Å²) in [6.07, 6.45) is 0.771. The van der Waals surface area contributed by atoms with Gasteiger partial charge < -0.3 is 10.6 Å². The van der Waals surface area contributed by atoms with Crippen LogP contribution in [-0.2, 0) is 24.7 Å². The monoisotopic (exact) mass is 443 g/mol. The van der Waals surface area contributed by atoms with E-state index in [4.69, 9.17) is 0 Å². The molecule has 0 radical (unpaired) electrons. The number of fused-ring (bicyclic) bond motifs is 1. The molecule has 0 fully saturated rings. The zero-order chi connectivity index (χ0) is 21.4. The first-order valence-electron chi connectivity index (χ1n) is 8.25. The Hall–Kier alpha value is -2.86. The number of nitrogens with zero attached hydrogens (tertiary/aromatic N) is 1. The second kappa shape index (κ2) is 7.52. The van der Waals surface area contributed by atoms with E-state index in [9.17, 15) is 30.4 Å². The third-order valence-electron chi connectivity index (χ3n) is 4.20. The number of carbonyl (C=O) groups is 1. The minimum Gasteiger partial charge on any atom is -0.345 e. The highest BCUT2D eigenvalue weighted by Gasteiger charge is 2.34. The van der Waals surface area contributed by atoms with Crippen LogP contribution in [0.2, 0.25) is 0 Å². The summed E-state index contributed by atoms with van der Waals surface area (Å²) in [5.41, 5.74) is -0.367. The number of sulfonamides is 1. The fraction of sp³-hybridized carbons (Fsp3) is 0.176. The molecule has 8 nitrogen and oxygen atoms in total. The Morgan fingerprint density at radius 3 is 2.62 bits per heavy atom. The Bertz CT molecular complexity index is 1230. The molecule has 0 aliphatic carbocycles. The van der Waals surface area contributed by atoms with Gasteiger partial charge >= 0.3 is 0 Å². The molecule has 154 valence electrons. The van der Waals surface area contributed by atoms with Gasteiger partial charge in [-0.1, -0.05) is 6.92 Å². The highest BCUT2D eigenvalue weighted by Crippen LogP contribution is 2.30. The Kier molecular flexibility index (Phi) is 5.41. The topological polar surface area (TPSA) is 122 Å². The van der Waals surface area contributed by atoms with E-state index in [-0.39, 0.29) is 17.0 Å². The Balaban J connectivity index is 1.97. The number of hydrogen-bond acceptors (Lipinski definition) is 6. The highest BCUT2D eigenvalue weighted by molar-refractivity contribution is 7.93. The van der Waals surface area contributed by atoms with Crippen LogP contribution in [0.5, 0.6) is 0 Å². The van der Waals surface area contributed by atoms with Crippen molar-refractivity contribution in [2.75, 3.05) is 10.6 Å². The van der Waals surface area contributed by atoms with Crippen molar-refractivity contribution >= 4 is 43.5 Å². The molecule has 1 atom stereocenters. The van der Waals surface area contributed by atoms with Gasteiger partial charge in [0, 0.05) is 6.07 Å². The summed E-state index contributed by atoms with van der Waals surface area (Å²) in [5, 5.41) is 2.99. The van der Waals surface area contributed by atoms with Crippen LogP contribution in [0.1, 0.15) is 13.3 Å². The third kappa shape index (κ3) is 3.98. The summed E-state index contributed by atoms with van der Waals surface area (Å²) in [6.45, 7) is 1.42. The molecule has 0 saturated heterocycles. The van der Waals surface area contributed by atoms with Gasteiger partial charge in [0.1, 0.15) is 28.1 Å². The standard InChI is InChI=1S/C17H15F2N3O5S2/c1-2-15(17(23)22-14-7-10(18)3-5-12(14)19)28(24,25)11-4-6-13-16(8-11)29(26,27)21-9-20-13/h3-9,15H,2H2,1H3,(H,20,21)(H,22,23). The number of sulfone groups is 1. The summed E-state index contributed by atoms with van der Waals surface area (Å²) in [7, 11) is -8.44. The molecule has 1 aliphatic rings. The molecular weight excluding hydrogens is 428 g/mol. The minimum atomic E-state index is -4.35. The number of benzene rings is 2. The number of carbonyl (C=O) groups excluding carboxylic acids is 1. The molecule has 2 aromatic carbocycles. The van der Waals surface area contributed by atoms with Gasteiger partial charge in [-0.15, -0.1) is 4.40 Å². The van der Waals surface area contributed by atoms with Crippen molar-refractivity contribution < 1.29 is 30.4 Å². The average molecular weight is 443 g/mol. The fourth-order valence-electron chi connectivity index (χ4n) is 2.75. The molecule has 0 aromatic heterocycles. The molecule has 2 N–H and O–H groups in total. The van der Waals surface area contributed by atoms with Crippen LogP contribution < -0.4 is 10.6 Å². The van der Waals surface area contributed by atoms with E-state index < -0.39 is 53.2 Å². The number of anilines is 2. The van der Waals surface area contributed by atoms with Gasteiger partial charge in [-0.2, -0.15) is 8.42 Å². The van der Waals surface area contributed by atoms with Gasteiger partial charge in [0.05, 0.1) is 16.3 Å². The molecule has 29 heavy (non-hydrogen) atoms. The first-order valence-corrected chi connectivity index (χ1v) is 11.2. The zero-order valence-electron chi connectivity index (χ0n) is 14.9. The lowest BCUT2D eigenvalue weighted by Crippen LogP contribution is -2.35. The van der Waals surface area contributed by atoms with Crippen LogP contribution in [0.3, 0.4) is 0 Å². The van der Waals surface area contributed by atoms with Crippen LogP contribution in [-0.4, -0.2) is 34.3 Å². The van der Waals surface area contributed by atoms with Gasteiger partial charge in [0.2, 0.25) is 5.91 Å². The lowest BCUT2D eigenvalue weighted by atomic mass is 10.2. The molecule has 1 aliphatic heterocycles. The van der Waals surface area contributed by atoms with Crippen LogP contribution >= 0.6 is 0 Å². The van der Waals surface area contributed by atoms with E-state index >= 15 is 0 Å². The SMILES string of the molecule is CCC(C(=O)Nc1cc(F)ccc1F)S(=O)(=O)c1ccc2c(c1)S(=O)(=O)N=CN2. The Morgan fingerprint density at radius 2 is 1.93 bits per heavy atom. The van der Waals surface area contributed by atoms with Crippen molar-refractivity contribution in [3.05, 3.63) is 48.0 Å². The van der Waals surface area contributed by atoms with Crippen LogP contribution in [0, 0.1) is 11.6 Å². The highest BCUT2D eigenvalue weighted by atomic mass is 32.2. The molecule has 3 rings (SSSR count). The van der Waals surface area contributed by atoms with Crippen molar-refractivity contribution in [2.24, 2.45) is 4.40 Å². The molecule has 12 heteroatoms. The van der Waals surface area contributed by atoms with Crippen molar-refractivity contribution in [3.8, 4) is 0 Å². The van der Waals surface area contributed by atoms with Gasteiger partial charge in [-0.25, -0.2) is 17.2 Å². The maximum atomic E-state index is 13.8. The van der Waals surface area contributed by atoms with E-state index in [2.05, 4.69) is 15.0 Å². The lowest BCUT2D eigenvalue weighted by Gasteiger charge is -2.18. The fourth-order valence-corrected chi connectivity index (χ4v) is 5.46. The second-order valence-corrected chi connectivity index (χ2v) is 9.80. The van der Waals surface area contributed by atoms with Crippen molar-refractivity contribution in [3.63, 3.8) is 0 Å². The maximum Gasteiger partial charge on any atom is 0.285 e. The van der Waals surface area contributed by atoms with Gasteiger partial charge in [0.25, 0.3) is 10.0 Å². The summed E-state index contributed by atoms with van der Waals surface area (Å²) < 4.78 is 80.4. The first kappa shape index (κ1) is 20.9. The number of hydrogen-bond donors (Lipinski definition) is 2. The summed E-state index contributed by atoms with van der Waals surface area (Å²) in [6, 6.07) is 5.66. The molecule has 0 spiro atoms. The average Bonchev–Trinajstić information content (AvgIpc) is 2.64. The van der Waals surface area contributed by atoms with Crippen molar-refractivity contribution in [1.82, 2.24) is 0 Å². The number of nitrogens with one attached hydrogen (secondary N) is 2. The van der Waals surface area contributed by atoms with Gasteiger partial charge in [-0.3, -0.25) is 4.79 Å². The smallest absolute Gasteiger partial charge is 0.285 e. The molecule has 0 saturated carbocycles. The number of amides is 1. The zero-order valence-corrected chi connectivity index (χ0v) is 16.5. The third-order valence-corrected chi connectivity index (χ3v) is 7.68. The number of halogens is 2. The molecule has 1 unspecified atom stereocenters. The number of rotatable bonds is 5. The first-order chi connectivity index (χ1) is 13.6. The van der Waals surface area contributed by atoms with Crippen molar-refractivity contribution in [2.45, 2.75) is 28.4 Å². The van der Waals surface area contributed by atoms with E-state index in [0.717, 1.165) is 36.7 Å².